The van der Waals surface area contributed by atoms with E-state index in [0.717, 1.165) is 36.8 Å². The van der Waals surface area contributed by atoms with E-state index in [2.05, 4.69) is 31.1 Å². The van der Waals surface area contributed by atoms with E-state index < -0.39 is 24.0 Å². The molecule has 0 aromatic heterocycles. The maximum Gasteiger partial charge on any atom is 0.326 e. The molecule has 1 aliphatic carbocycles. The van der Waals surface area contributed by atoms with Crippen molar-refractivity contribution in [1.82, 2.24) is 10.6 Å². The molecule has 0 saturated heterocycles. The molecule has 1 aromatic carbocycles. The first-order chi connectivity index (χ1) is 16.7. The topological polar surface area (TPSA) is 95.5 Å². The molecule has 1 aromatic rings. The Balaban J connectivity index is 2.13. The van der Waals surface area contributed by atoms with Crippen LogP contribution >= 0.6 is 0 Å². The number of carboxylic acids is 1. The molecular formula is C29H40N2O4. The van der Waals surface area contributed by atoms with Gasteiger partial charge in [-0.15, -0.1) is 0 Å². The molecule has 0 aliphatic heterocycles. The lowest BCUT2D eigenvalue weighted by atomic mass is 9.76. The van der Waals surface area contributed by atoms with E-state index in [9.17, 15) is 19.5 Å². The standard InChI is InChI=1S/C29H40N2O4/c1-5-7-11-21(6-2)18-26(29(34)35)31-28(33)25(19-22-12-9-8-10-13-22)30-27(32)24-16-14-23(15-17-24)20(3)4/h5-13,20,23-26H,1,14-19H2,2-4H3,(H,30,32)(H,31,33)(H,34,35)/b11-7-,21-6+. The van der Waals surface area contributed by atoms with Gasteiger partial charge in [0, 0.05) is 18.8 Å². The third-order valence-corrected chi connectivity index (χ3v) is 6.87. The molecule has 1 fully saturated rings. The lowest BCUT2D eigenvalue weighted by Gasteiger charge is -2.31. The van der Waals surface area contributed by atoms with Crippen molar-refractivity contribution in [2.24, 2.45) is 17.8 Å². The minimum Gasteiger partial charge on any atom is -0.480 e. The summed E-state index contributed by atoms with van der Waals surface area (Å²) >= 11 is 0. The van der Waals surface area contributed by atoms with Crippen LogP contribution < -0.4 is 10.6 Å². The lowest BCUT2D eigenvalue weighted by Crippen LogP contribution is -2.53. The molecule has 1 saturated carbocycles. The molecule has 1 aliphatic rings. The minimum absolute atomic E-state index is 0.120. The van der Waals surface area contributed by atoms with Crippen LogP contribution in [0, 0.1) is 17.8 Å². The molecule has 3 N–H and O–H groups in total. The molecular weight excluding hydrogens is 440 g/mol. The van der Waals surface area contributed by atoms with Gasteiger partial charge in [0.2, 0.25) is 11.8 Å². The highest BCUT2D eigenvalue weighted by atomic mass is 16.4. The molecule has 0 radical (unpaired) electrons. The first-order valence-electron chi connectivity index (χ1n) is 12.6. The summed E-state index contributed by atoms with van der Waals surface area (Å²) in [6.07, 6.45) is 11.0. The number of carboxylic acid groups (broad SMARTS) is 1. The second kappa shape index (κ2) is 14.3. The molecule has 0 bridgehead atoms. The summed E-state index contributed by atoms with van der Waals surface area (Å²) in [5.41, 5.74) is 1.66. The maximum atomic E-state index is 13.3. The zero-order chi connectivity index (χ0) is 25.8. The summed E-state index contributed by atoms with van der Waals surface area (Å²) in [6.45, 7) is 9.88. The average molecular weight is 481 g/mol. The van der Waals surface area contributed by atoms with Gasteiger partial charge in [0.1, 0.15) is 12.1 Å². The number of aliphatic carboxylic acids is 1. The third-order valence-electron chi connectivity index (χ3n) is 6.87. The normalized spacial score (nSPS) is 20.3. The van der Waals surface area contributed by atoms with Gasteiger partial charge in [0.15, 0.2) is 0 Å². The number of amides is 2. The maximum absolute atomic E-state index is 13.3. The Kier molecular flexibility index (Phi) is 11.5. The fourth-order valence-corrected chi connectivity index (χ4v) is 4.58. The van der Waals surface area contributed by atoms with Crippen LogP contribution in [0.25, 0.3) is 0 Å². The van der Waals surface area contributed by atoms with Crippen LogP contribution in [0.3, 0.4) is 0 Å². The van der Waals surface area contributed by atoms with Gasteiger partial charge in [-0.2, -0.15) is 0 Å². The Bertz CT molecular complexity index is 912. The van der Waals surface area contributed by atoms with E-state index in [1.807, 2.05) is 37.3 Å². The fourth-order valence-electron chi connectivity index (χ4n) is 4.58. The monoisotopic (exact) mass is 480 g/mol. The summed E-state index contributed by atoms with van der Waals surface area (Å²) < 4.78 is 0. The molecule has 6 heteroatoms. The van der Waals surface area contributed by atoms with E-state index in [-0.39, 0.29) is 18.2 Å². The van der Waals surface area contributed by atoms with E-state index in [1.165, 1.54) is 0 Å². The molecule has 2 unspecified atom stereocenters. The predicted molar refractivity (Wildman–Crippen MR) is 140 cm³/mol. The average Bonchev–Trinajstić information content (AvgIpc) is 2.85. The van der Waals surface area contributed by atoms with Crippen molar-refractivity contribution >= 4 is 17.8 Å². The Morgan fingerprint density at radius 3 is 2.26 bits per heavy atom. The number of benzene rings is 1. The summed E-state index contributed by atoms with van der Waals surface area (Å²) in [7, 11) is 0. The van der Waals surface area contributed by atoms with Crippen molar-refractivity contribution in [2.45, 2.75) is 71.4 Å². The number of hydrogen-bond acceptors (Lipinski definition) is 3. The summed E-state index contributed by atoms with van der Waals surface area (Å²) in [6, 6.07) is 7.47. The number of allylic oxidation sites excluding steroid dienone is 4. The van der Waals surface area contributed by atoms with Crippen LogP contribution in [-0.2, 0) is 20.8 Å². The van der Waals surface area contributed by atoms with E-state index in [0.29, 0.717) is 18.3 Å². The van der Waals surface area contributed by atoms with E-state index in [1.54, 1.807) is 24.3 Å². The summed E-state index contributed by atoms with van der Waals surface area (Å²) in [4.78, 5) is 38.3. The van der Waals surface area contributed by atoms with Gasteiger partial charge >= 0.3 is 5.97 Å². The highest BCUT2D eigenvalue weighted by Gasteiger charge is 2.32. The Hall–Kier alpha value is -3.15. The Morgan fingerprint density at radius 2 is 1.71 bits per heavy atom. The molecule has 35 heavy (non-hydrogen) atoms. The highest BCUT2D eigenvalue weighted by Crippen LogP contribution is 2.33. The zero-order valence-corrected chi connectivity index (χ0v) is 21.2. The first-order valence-corrected chi connectivity index (χ1v) is 12.6. The zero-order valence-electron chi connectivity index (χ0n) is 21.2. The number of nitrogens with one attached hydrogen (secondary N) is 2. The Labute approximate surface area is 209 Å². The molecule has 2 rings (SSSR count). The summed E-state index contributed by atoms with van der Waals surface area (Å²) in [5, 5.41) is 15.3. The quantitative estimate of drug-likeness (QED) is 0.374. The second-order valence-corrected chi connectivity index (χ2v) is 9.67. The van der Waals surface area contributed by atoms with Crippen molar-refractivity contribution in [3.8, 4) is 0 Å². The molecule has 2 atom stereocenters. The molecule has 6 nitrogen and oxygen atoms in total. The van der Waals surface area contributed by atoms with Crippen molar-refractivity contribution in [3.05, 3.63) is 72.4 Å². The number of rotatable bonds is 12. The van der Waals surface area contributed by atoms with Crippen LogP contribution in [0.15, 0.2) is 66.8 Å². The van der Waals surface area contributed by atoms with Gasteiger partial charge in [-0.3, -0.25) is 9.59 Å². The SMILES string of the molecule is C=C/C=C\C(=C/C)CC(NC(=O)C(Cc1ccccc1)NC(=O)C1CCC(C(C)C)CC1)C(=O)O. The minimum atomic E-state index is -1.12. The van der Waals surface area contributed by atoms with Crippen LogP contribution in [0.5, 0.6) is 0 Å². The largest absolute Gasteiger partial charge is 0.480 e. The van der Waals surface area contributed by atoms with Gasteiger partial charge in [0.05, 0.1) is 0 Å². The van der Waals surface area contributed by atoms with Crippen LogP contribution in [0.2, 0.25) is 0 Å². The molecule has 190 valence electrons. The van der Waals surface area contributed by atoms with E-state index >= 15 is 0 Å². The van der Waals surface area contributed by atoms with Gasteiger partial charge in [0.25, 0.3) is 0 Å². The van der Waals surface area contributed by atoms with Crippen molar-refractivity contribution in [3.63, 3.8) is 0 Å². The molecule has 2 amide bonds. The lowest BCUT2D eigenvalue weighted by molar-refractivity contribution is -0.142. The molecule has 0 spiro atoms. The number of hydrogen-bond donors (Lipinski definition) is 3. The predicted octanol–water partition coefficient (Wildman–Crippen LogP) is 4.82. The van der Waals surface area contributed by atoms with Crippen molar-refractivity contribution < 1.29 is 19.5 Å². The van der Waals surface area contributed by atoms with E-state index in [4.69, 9.17) is 0 Å². The Morgan fingerprint density at radius 1 is 1.06 bits per heavy atom. The highest BCUT2D eigenvalue weighted by molar-refractivity contribution is 5.91. The number of carbonyl (C=O) groups is 3. The smallest absolute Gasteiger partial charge is 0.326 e. The van der Waals surface area contributed by atoms with Crippen LogP contribution in [-0.4, -0.2) is 35.0 Å². The number of carbonyl (C=O) groups excluding carboxylic acids is 2. The van der Waals surface area contributed by atoms with Crippen LogP contribution in [0.1, 0.15) is 58.4 Å². The first kappa shape index (κ1) is 28.1. The second-order valence-electron chi connectivity index (χ2n) is 9.67. The third kappa shape index (κ3) is 9.19. The van der Waals surface area contributed by atoms with Crippen molar-refractivity contribution in [1.29, 1.82) is 0 Å². The van der Waals surface area contributed by atoms with Gasteiger partial charge in [-0.1, -0.05) is 75.1 Å². The van der Waals surface area contributed by atoms with Gasteiger partial charge in [-0.05, 0) is 55.6 Å². The van der Waals surface area contributed by atoms with Gasteiger partial charge < -0.3 is 15.7 Å². The molecule has 0 heterocycles. The fraction of sp³-hybridized carbons (Fsp3) is 0.483. The van der Waals surface area contributed by atoms with Crippen molar-refractivity contribution in [2.75, 3.05) is 0 Å². The van der Waals surface area contributed by atoms with Crippen LogP contribution in [0.4, 0.5) is 0 Å². The van der Waals surface area contributed by atoms with Gasteiger partial charge in [-0.25, -0.2) is 4.79 Å². The summed E-state index contributed by atoms with van der Waals surface area (Å²) in [5.74, 6) is -0.625.